The summed E-state index contributed by atoms with van der Waals surface area (Å²) in [6.07, 6.45) is 4.92. The van der Waals surface area contributed by atoms with Crippen LogP contribution >= 0.6 is 11.6 Å². The zero-order chi connectivity index (χ0) is 16.0. The molecule has 0 aromatic heterocycles. The summed E-state index contributed by atoms with van der Waals surface area (Å²) >= 11 is 5.87. The molecule has 1 saturated heterocycles. The number of amides is 1. The third-order valence-corrected chi connectivity index (χ3v) is 4.71. The second-order valence-electron chi connectivity index (χ2n) is 6.76. The lowest BCUT2D eigenvalue weighted by atomic mass is 10.0. The first-order valence-corrected chi connectivity index (χ1v) is 8.61. The van der Waals surface area contributed by atoms with Crippen LogP contribution in [0.4, 0.5) is 0 Å². The van der Waals surface area contributed by atoms with Crippen molar-refractivity contribution in [2.75, 3.05) is 19.6 Å². The van der Waals surface area contributed by atoms with Crippen LogP contribution < -0.4 is 5.32 Å². The Kier molecular flexibility index (Phi) is 6.27. The number of benzene rings is 1. The third kappa shape index (κ3) is 5.29. The van der Waals surface area contributed by atoms with E-state index >= 15 is 0 Å². The van der Waals surface area contributed by atoms with Crippen LogP contribution in [0.3, 0.4) is 0 Å². The summed E-state index contributed by atoms with van der Waals surface area (Å²) in [4.78, 5) is 14.5. The molecule has 0 bridgehead atoms. The third-order valence-electron chi connectivity index (χ3n) is 4.46. The van der Waals surface area contributed by atoms with Crippen molar-refractivity contribution in [3.8, 4) is 0 Å². The number of likely N-dealkylation sites (tertiary alicyclic amines) is 1. The molecule has 0 spiro atoms. The van der Waals surface area contributed by atoms with Crippen LogP contribution in [0.5, 0.6) is 0 Å². The average molecular weight is 323 g/mol. The Morgan fingerprint density at radius 1 is 1.23 bits per heavy atom. The number of carbonyl (C=O) groups excluding carboxylic acids is 1. The summed E-state index contributed by atoms with van der Waals surface area (Å²) in [5.41, 5.74) is 1.29. The maximum absolute atomic E-state index is 12.0. The molecule has 1 fully saturated rings. The van der Waals surface area contributed by atoms with Crippen LogP contribution in [-0.2, 0) is 11.2 Å². The number of aryl methyl sites for hydroxylation is 1. The van der Waals surface area contributed by atoms with E-state index in [0.29, 0.717) is 6.42 Å². The summed E-state index contributed by atoms with van der Waals surface area (Å²) in [6, 6.07) is 7.85. The first-order chi connectivity index (χ1) is 10.5. The fourth-order valence-electron chi connectivity index (χ4n) is 2.94. The predicted molar refractivity (Wildman–Crippen MR) is 92.3 cm³/mol. The van der Waals surface area contributed by atoms with E-state index in [2.05, 4.69) is 24.1 Å². The molecule has 122 valence electrons. The van der Waals surface area contributed by atoms with Gasteiger partial charge in [0.15, 0.2) is 0 Å². The van der Waals surface area contributed by atoms with Gasteiger partial charge in [0.25, 0.3) is 0 Å². The lowest BCUT2D eigenvalue weighted by molar-refractivity contribution is -0.121. The molecule has 0 radical (unpaired) electrons. The molecule has 0 atom stereocenters. The fraction of sp³-hybridized carbons (Fsp3) is 0.611. The molecular weight excluding hydrogens is 296 g/mol. The molecule has 22 heavy (non-hydrogen) atoms. The molecule has 0 unspecified atom stereocenters. The monoisotopic (exact) mass is 322 g/mol. The van der Waals surface area contributed by atoms with Crippen molar-refractivity contribution in [2.24, 2.45) is 0 Å². The molecule has 1 aliphatic rings. The van der Waals surface area contributed by atoms with E-state index in [-0.39, 0.29) is 11.4 Å². The van der Waals surface area contributed by atoms with E-state index in [4.69, 9.17) is 11.6 Å². The zero-order valence-electron chi connectivity index (χ0n) is 13.7. The highest BCUT2D eigenvalue weighted by Gasteiger charge is 2.29. The molecule has 3 nitrogen and oxygen atoms in total. The van der Waals surface area contributed by atoms with Crippen molar-refractivity contribution < 1.29 is 4.79 Å². The molecule has 2 rings (SSSR count). The normalized spacial score (nSPS) is 16.0. The Balaban J connectivity index is 1.66. The zero-order valence-corrected chi connectivity index (χ0v) is 14.5. The maximum atomic E-state index is 12.0. The van der Waals surface area contributed by atoms with Crippen LogP contribution in [0.1, 0.15) is 45.1 Å². The lowest BCUT2D eigenvalue weighted by Crippen LogP contribution is -2.50. The topological polar surface area (TPSA) is 32.3 Å². The van der Waals surface area contributed by atoms with Crippen LogP contribution in [0, 0.1) is 0 Å². The molecule has 4 heteroatoms. The quantitative estimate of drug-likeness (QED) is 0.831. The van der Waals surface area contributed by atoms with E-state index in [1.807, 2.05) is 24.3 Å². The van der Waals surface area contributed by atoms with Crippen molar-refractivity contribution in [2.45, 2.75) is 51.5 Å². The fourth-order valence-corrected chi connectivity index (χ4v) is 3.07. The second-order valence-corrected chi connectivity index (χ2v) is 7.20. The number of halogens is 1. The Labute approximate surface area is 139 Å². The number of nitrogens with zero attached hydrogens (tertiary/aromatic N) is 1. The second kappa shape index (κ2) is 7.98. The number of rotatable bonds is 7. The van der Waals surface area contributed by atoms with Crippen molar-refractivity contribution in [3.05, 3.63) is 34.9 Å². The minimum atomic E-state index is 0.0579. The Morgan fingerprint density at radius 3 is 2.50 bits per heavy atom. The van der Waals surface area contributed by atoms with Crippen LogP contribution in [0.25, 0.3) is 0 Å². The first kappa shape index (κ1) is 17.3. The van der Waals surface area contributed by atoms with Gasteiger partial charge in [-0.25, -0.2) is 0 Å². The van der Waals surface area contributed by atoms with Gasteiger partial charge in [-0.15, -0.1) is 0 Å². The lowest BCUT2D eigenvalue weighted by Gasteiger charge is -2.35. The summed E-state index contributed by atoms with van der Waals surface area (Å²) in [6.45, 7) is 7.46. The summed E-state index contributed by atoms with van der Waals surface area (Å²) < 4.78 is 0. The van der Waals surface area contributed by atoms with Crippen LogP contribution in [0.2, 0.25) is 5.02 Å². The van der Waals surface area contributed by atoms with Gasteiger partial charge in [-0.1, -0.05) is 23.7 Å². The standard InChI is InChI=1S/C18H27ClN2O/c1-18(2,21-12-3-4-13-21)14-20-17(22)7-5-6-15-8-10-16(19)11-9-15/h8-11H,3-7,12-14H2,1-2H3,(H,20,22). The average Bonchev–Trinajstić information content (AvgIpc) is 3.02. The molecule has 0 aliphatic carbocycles. The van der Waals surface area contributed by atoms with E-state index in [0.717, 1.165) is 37.5 Å². The maximum Gasteiger partial charge on any atom is 0.220 e. The number of hydrogen-bond acceptors (Lipinski definition) is 2. The highest BCUT2D eigenvalue weighted by atomic mass is 35.5. The molecular formula is C18H27ClN2O. The summed E-state index contributed by atoms with van der Waals surface area (Å²) in [7, 11) is 0. The minimum absolute atomic E-state index is 0.0579. The molecule has 0 saturated carbocycles. The van der Waals surface area contributed by atoms with Gasteiger partial charge in [-0.05, 0) is 70.3 Å². The Hall–Kier alpha value is -1.06. The van der Waals surface area contributed by atoms with E-state index < -0.39 is 0 Å². The summed E-state index contributed by atoms with van der Waals surface area (Å²) in [5, 5.41) is 3.85. The van der Waals surface area contributed by atoms with Crippen LogP contribution in [-0.4, -0.2) is 36.0 Å². The number of carbonyl (C=O) groups is 1. The van der Waals surface area contributed by atoms with E-state index in [9.17, 15) is 4.79 Å². The molecule has 1 N–H and O–H groups in total. The first-order valence-electron chi connectivity index (χ1n) is 8.23. The van der Waals surface area contributed by atoms with E-state index in [1.54, 1.807) is 0 Å². The smallest absolute Gasteiger partial charge is 0.220 e. The van der Waals surface area contributed by atoms with Gasteiger partial charge in [0.05, 0.1) is 0 Å². The number of hydrogen-bond donors (Lipinski definition) is 1. The van der Waals surface area contributed by atoms with Gasteiger partial charge in [0.1, 0.15) is 0 Å². The molecule has 1 aromatic carbocycles. The molecule has 1 aliphatic heterocycles. The van der Waals surface area contributed by atoms with E-state index in [1.165, 1.54) is 18.4 Å². The Bertz CT molecular complexity index is 478. The van der Waals surface area contributed by atoms with Gasteiger partial charge in [0.2, 0.25) is 5.91 Å². The molecule has 1 aromatic rings. The van der Waals surface area contributed by atoms with Crippen molar-refractivity contribution in [3.63, 3.8) is 0 Å². The largest absolute Gasteiger partial charge is 0.354 e. The van der Waals surface area contributed by atoms with Crippen molar-refractivity contribution in [1.29, 1.82) is 0 Å². The highest BCUT2D eigenvalue weighted by Crippen LogP contribution is 2.20. The SMILES string of the molecule is CC(C)(CNC(=O)CCCc1ccc(Cl)cc1)N1CCCC1. The van der Waals surface area contributed by atoms with Gasteiger partial charge in [-0.2, -0.15) is 0 Å². The minimum Gasteiger partial charge on any atom is -0.354 e. The number of nitrogens with one attached hydrogen (secondary N) is 1. The van der Waals surface area contributed by atoms with Gasteiger partial charge in [0, 0.05) is 23.5 Å². The van der Waals surface area contributed by atoms with Crippen molar-refractivity contribution in [1.82, 2.24) is 10.2 Å². The Morgan fingerprint density at radius 2 is 1.86 bits per heavy atom. The van der Waals surface area contributed by atoms with Gasteiger partial charge in [-0.3, -0.25) is 9.69 Å². The predicted octanol–water partition coefficient (Wildman–Crippen LogP) is 3.65. The molecule has 1 heterocycles. The molecule has 1 amide bonds. The van der Waals surface area contributed by atoms with Crippen molar-refractivity contribution >= 4 is 17.5 Å². The van der Waals surface area contributed by atoms with Gasteiger partial charge >= 0.3 is 0 Å². The van der Waals surface area contributed by atoms with Crippen LogP contribution in [0.15, 0.2) is 24.3 Å². The van der Waals surface area contributed by atoms with Gasteiger partial charge < -0.3 is 5.32 Å². The highest BCUT2D eigenvalue weighted by molar-refractivity contribution is 6.30. The summed E-state index contributed by atoms with van der Waals surface area (Å²) in [5.74, 6) is 0.154.